The van der Waals surface area contributed by atoms with Gasteiger partial charge in [0.15, 0.2) is 0 Å². The second kappa shape index (κ2) is 2.37. The quantitative estimate of drug-likeness (QED) is 0.453. The van der Waals surface area contributed by atoms with Gasteiger partial charge in [-0.3, -0.25) is 0 Å². The molecule has 0 aliphatic heterocycles. The highest BCUT2D eigenvalue weighted by Crippen LogP contribution is 1.99. The fraction of sp³-hybridized carbons (Fsp3) is 0.111. The van der Waals surface area contributed by atoms with Gasteiger partial charge in [0.25, 0.3) is 0 Å². The average molecular weight is 115 g/mol. The third kappa shape index (κ3) is 1.33. The third-order valence-electron chi connectivity index (χ3n) is 1.20. The first kappa shape index (κ1) is 5.91. The molecule has 43 valence electrons. The predicted molar refractivity (Wildman–Crippen MR) is 37.4 cm³/mol. The molecule has 9 heavy (non-hydrogen) atoms. The van der Waals surface area contributed by atoms with Gasteiger partial charge in [0.1, 0.15) is 0 Å². The molecule has 0 amide bonds. The van der Waals surface area contributed by atoms with Gasteiger partial charge < -0.3 is 0 Å². The van der Waals surface area contributed by atoms with E-state index in [9.17, 15) is 0 Å². The highest BCUT2D eigenvalue weighted by atomic mass is 13.9. The van der Waals surface area contributed by atoms with Crippen LogP contribution in [0.5, 0.6) is 0 Å². The summed E-state index contributed by atoms with van der Waals surface area (Å²) >= 11 is 0. The lowest BCUT2D eigenvalue weighted by Crippen LogP contribution is -1.72. The van der Waals surface area contributed by atoms with Crippen LogP contribution >= 0.6 is 0 Å². The Morgan fingerprint density at radius 2 is 1.78 bits per heavy atom. The van der Waals surface area contributed by atoms with Crippen molar-refractivity contribution in [2.45, 2.75) is 6.92 Å². The lowest BCUT2D eigenvalue weighted by atomic mass is 10.2. The van der Waals surface area contributed by atoms with Gasteiger partial charge in [-0.2, -0.15) is 0 Å². The van der Waals surface area contributed by atoms with Gasteiger partial charge in [0, 0.05) is 5.56 Å². The summed E-state index contributed by atoms with van der Waals surface area (Å²) in [6.45, 7) is 2.02. The highest BCUT2D eigenvalue weighted by Gasteiger charge is 1.83. The van der Waals surface area contributed by atoms with E-state index in [1.54, 1.807) is 0 Å². The van der Waals surface area contributed by atoms with E-state index in [1.165, 1.54) is 5.56 Å². The number of hydrogen-bond acceptors (Lipinski definition) is 0. The normalized spacial score (nSPS) is 8.44. The standard InChI is InChI=1S/C9H7/c1-3-9-6-4-8(2)5-7-9/h4-7H,2H3. The van der Waals surface area contributed by atoms with Crippen LogP contribution < -0.4 is 0 Å². The molecule has 0 atom stereocenters. The van der Waals surface area contributed by atoms with E-state index in [0.29, 0.717) is 0 Å². The van der Waals surface area contributed by atoms with Crippen molar-refractivity contribution >= 4 is 0 Å². The number of hydrogen-bond donors (Lipinski definition) is 0. The van der Waals surface area contributed by atoms with Gasteiger partial charge in [0.2, 0.25) is 0 Å². The Balaban J connectivity index is 3.06. The van der Waals surface area contributed by atoms with Crippen LogP contribution in [0.2, 0.25) is 0 Å². The monoisotopic (exact) mass is 115 g/mol. The molecule has 1 radical (unpaired) electrons. The zero-order valence-electron chi connectivity index (χ0n) is 5.31. The van der Waals surface area contributed by atoms with Crippen LogP contribution in [-0.2, 0) is 0 Å². The van der Waals surface area contributed by atoms with Gasteiger partial charge in [-0.25, -0.2) is 0 Å². The maximum Gasteiger partial charge on any atom is 0.0255 e. The fourth-order valence-electron chi connectivity index (χ4n) is 0.637. The molecule has 0 heteroatoms. The Labute approximate surface area is 55.5 Å². The first-order chi connectivity index (χ1) is 4.33. The van der Waals surface area contributed by atoms with Crippen LogP contribution in [0.25, 0.3) is 0 Å². The Bertz CT molecular complexity index is 223. The van der Waals surface area contributed by atoms with Crippen molar-refractivity contribution in [1.29, 1.82) is 0 Å². The maximum atomic E-state index is 6.76. The van der Waals surface area contributed by atoms with E-state index in [2.05, 4.69) is 5.92 Å². The Morgan fingerprint density at radius 3 is 2.22 bits per heavy atom. The summed E-state index contributed by atoms with van der Waals surface area (Å²) in [6.07, 6.45) is 6.76. The molecule has 0 aromatic heterocycles. The summed E-state index contributed by atoms with van der Waals surface area (Å²) < 4.78 is 0. The van der Waals surface area contributed by atoms with Crippen LogP contribution in [0.3, 0.4) is 0 Å². The predicted octanol–water partition coefficient (Wildman–Crippen LogP) is 1.93. The molecule has 0 saturated heterocycles. The number of aryl methyl sites for hydroxylation is 1. The number of rotatable bonds is 0. The fourth-order valence-corrected chi connectivity index (χ4v) is 0.637. The minimum Gasteiger partial charge on any atom is -0.0581 e. The van der Waals surface area contributed by atoms with Gasteiger partial charge in [-0.15, -0.1) is 0 Å². The van der Waals surface area contributed by atoms with Crippen LogP contribution in [0, 0.1) is 19.3 Å². The average Bonchev–Trinajstić information content (AvgIpc) is 1.90. The van der Waals surface area contributed by atoms with Gasteiger partial charge in [-0.1, -0.05) is 23.6 Å². The smallest absolute Gasteiger partial charge is 0.0255 e. The lowest BCUT2D eigenvalue weighted by Gasteiger charge is -1.89. The third-order valence-corrected chi connectivity index (χ3v) is 1.20. The molecule has 0 nitrogen and oxygen atoms in total. The molecule has 0 spiro atoms. The molecule has 1 rings (SSSR count). The Kier molecular flexibility index (Phi) is 1.55. The molecule has 0 aliphatic rings. The molecular weight excluding hydrogens is 108 g/mol. The van der Waals surface area contributed by atoms with Crippen molar-refractivity contribution in [2.75, 3.05) is 0 Å². The van der Waals surface area contributed by atoms with Crippen molar-refractivity contribution in [3.8, 4) is 5.92 Å². The molecule has 1 aromatic carbocycles. The molecule has 0 saturated carbocycles. The summed E-state index contributed by atoms with van der Waals surface area (Å²) in [4.78, 5) is 0. The SMILES string of the molecule is [C]#Cc1ccc(C)cc1. The number of benzene rings is 1. The van der Waals surface area contributed by atoms with Crippen molar-refractivity contribution < 1.29 is 0 Å². The van der Waals surface area contributed by atoms with Crippen molar-refractivity contribution in [3.63, 3.8) is 0 Å². The van der Waals surface area contributed by atoms with E-state index >= 15 is 0 Å². The van der Waals surface area contributed by atoms with E-state index < -0.39 is 0 Å². The minimum atomic E-state index is 0.834. The topological polar surface area (TPSA) is 0 Å². The molecule has 0 heterocycles. The molecule has 0 bridgehead atoms. The molecule has 0 unspecified atom stereocenters. The summed E-state index contributed by atoms with van der Waals surface area (Å²) in [5.41, 5.74) is 2.05. The molecular formula is C9H7. The highest BCUT2D eigenvalue weighted by molar-refractivity contribution is 5.32. The van der Waals surface area contributed by atoms with E-state index in [-0.39, 0.29) is 0 Å². The van der Waals surface area contributed by atoms with Crippen molar-refractivity contribution in [1.82, 2.24) is 0 Å². The molecule has 1 aromatic rings. The van der Waals surface area contributed by atoms with Crippen LogP contribution in [-0.4, -0.2) is 0 Å². The minimum absolute atomic E-state index is 0.834. The van der Waals surface area contributed by atoms with E-state index in [4.69, 9.17) is 6.42 Å². The van der Waals surface area contributed by atoms with Crippen LogP contribution in [0.4, 0.5) is 0 Å². The van der Waals surface area contributed by atoms with Gasteiger partial charge in [-0.05, 0) is 25.5 Å². The second-order valence-electron chi connectivity index (χ2n) is 1.99. The summed E-state index contributed by atoms with van der Waals surface area (Å²) in [5.74, 6) is 2.30. The zero-order chi connectivity index (χ0) is 6.69. The largest absolute Gasteiger partial charge is 0.0581 e. The Morgan fingerprint density at radius 1 is 1.22 bits per heavy atom. The van der Waals surface area contributed by atoms with Crippen LogP contribution in [0.1, 0.15) is 11.1 Å². The Hall–Kier alpha value is -1.22. The summed E-state index contributed by atoms with van der Waals surface area (Å²) in [6, 6.07) is 7.69. The van der Waals surface area contributed by atoms with Gasteiger partial charge >= 0.3 is 0 Å². The van der Waals surface area contributed by atoms with Crippen molar-refractivity contribution in [3.05, 3.63) is 41.8 Å². The summed E-state index contributed by atoms with van der Waals surface area (Å²) in [7, 11) is 0. The van der Waals surface area contributed by atoms with E-state index in [1.807, 2.05) is 31.2 Å². The van der Waals surface area contributed by atoms with Gasteiger partial charge in [0.05, 0.1) is 0 Å². The van der Waals surface area contributed by atoms with E-state index in [0.717, 1.165) is 5.56 Å². The first-order valence-electron chi connectivity index (χ1n) is 2.82. The lowest BCUT2D eigenvalue weighted by molar-refractivity contribution is 1.46. The first-order valence-corrected chi connectivity index (χ1v) is 2.82. The zero-order valence-corrected chi connectivity index (χ0v) is 5.31. The molecule has 0 aliphatic carbocycles. The van der Waals surface area contributed by atoms with Crippen LogP contribution in [0.15, 0.2) is 24.3 Å². The second-order valence-corrected chi connectivity index (χ2v) is 1.99. The molecule has 0 fully saturated rings. The van der Waals surface area contributed by atoms with Crippen molar-refractivity contribution in [2.24, 2.45) is 0 Å². The summed E-state index contributed by atoms with van der Waals surface area (Å²) in [5, 5.41) is 0. The molecule has 0 N–H and O–H groups in total. The maximum absolute atomic E-state index is 6.76.